The molecular weight excluding hydrogens is 204 g/mol. The van der Waals surface area contributed by atoms with Crippen LogP contribution in [0.3, 0.4) is 0 Å². The summed E-state index contributed by atoms with van der Waals surface area (Å²) in [5.41, 5.74) is 0. The third-order valence-corrected chi connectivity index (χ3v) is 3.18. The molecule has 3 heteroatoms. The summed E-state index contributed by atoms with van der Waals surface area (Å²) in [5, 5.41) is 11.6. The van der Waals surface area contributed by atoms with E-state index in [1.54, 1.807) is 11.3 Å². The van der Waals surface area contributed by atoms with E-state index in [1.807, 2.05) is 6.07 Å². The second kappa shape index (κ2) is 6.41. The lowest BCUT2D eigenvalue weighted by Gasteiger charge is -2.07. The first-order chi connectivity index (χ1) is 6.33. The van der Waals surface area contributed by atoms with Crippen LogP contribution >= 0.6 is 22.9 Å². The number of aliphatic hydroxyl groups is 1. The molecule has 13 heavy (non-hydrogen) atoms. The highest BCUT2D eigenvalue weighted by molar-refractivity contribution is 7.09. The van der Waals surface area contributed by atoms with E-state index < -0.39 is 0 Å². The Bertz CT molecular complexity index is 211. The second-order valence-electron chi connectivity index (χ2n) is 3.10. The number of alkyl halides is 1. The second-order valence-corrected chi connectivity index (χ2v) is 4.51. The average Bonchev–Trinajstić information content (AvgIpc) is 2.64. The van der Waals surface area contributed by atoms with Crippen LogP contribution in [-0.2, 0) is 6.42 Å². The Balaban J connectivity index is 2.11. The molecule has 74 valence electrons. The molecule has 0 aliphatic carbocycles. The fourth-order valence-electron chi connectivity index (χ4n) is 1.22. The summed E-state index contributed by atoms with van der Waals surface area (Å²) in [7, 11) is 0. The van der Waals surface area contributed by atoms with Gasteiger partial charge in [0.15, 0.2) is 0 Å². The third-order valence-electron chi connectivity index (χ3n) is 1.98. The van der Waals surface area contributed by atoms with E-state index in [0.29, 0.717) is 5.88 Å². The van der Waals surface area contributed by atoms with Crippen molar-refractivity contribution in [1.82, 2.24) is 0 Å². The molecule has 0 saturated heterocycles. The lowest BCUT2D eigenvalue weighted by atomic mass is 10.1. The van der Waals surface area contributed by atoms with Crippen LogP contribution in [-0.4, -0.2) is 17.1 Å². The Morgan fingerprint density at radius 3 is 2.92 bits per heavy atom. The van der Waals surface area contributed by atoms with E-state index >= 15 is 0 Å². The van der Waals surface area contributed by atoms with Gasteiger partial charge in [-0.15, -0.1) is 22.9 Å². The van der Waals surface area contributed by atoms with Crippen molar-refractivity contribution in [3.8, 4) is 0 Å². The number of thiophene rings is 1. The number of halogens is 1. The third kappa shape index (κ3) is 4.65. The van der Waals surface area contributed by atoms with Crippen molar-refractivity contribution in [2.75, 3.05) is 5.88 Å². The first-order valence-electron chi connectivity index (χ1n) is 4.59. The molecule has 1 N–H and O–H groups in total. The molecule has 1 atom stereocenters. The first-order valence-corrected chi connectivity index (χ1v) is 6.00. The monoisotopic (exact) mass is 218 g/mol. The SMILES string of the molecule is OC(CCCCl)CCc1cccs1. The molecule has 0 aliphatic heterocycles. The predicted molar refractivity (Wildman–Crippen MR) is 58.6 cm³/mol. The topological polar surface area (TPSA) is 20.2 Å². The first kappa shape index (κ1) is 11.0. The molecule has 1 aromatic heterocycles. The van der Waals surface area contributed by atoms with Gasteiger partial charge in [-0.25, -0.2) is 0 Å². The van der Waals surface area contributed by atoms with Gasteiger partial charge in [0.2, 0.25) is 0 Å². The molecule has 0 radical (unpaired) electrons. The van der Waals surface area contributed by atoms with E-state index in [-0.39, 0.29) is 6.10 Å². The Labute approximate surface area is 88.4 Å². The summed E-state index contributed by atoms with van der Waals surface area (Å²) in [5.74, 6) is 0.649. The highest BCUT2D eigenvalue weighted by atomic mass is 35.5. The van der Waals surface area contributed by atoms with Crippen LogP contribution in [0.25, 0.3) is 0 Å². The summed E-state index contributed by atoms with van der Waals surface area (Å²) in [6.07, 6.45) is 3.40. The molecule has 0 aromatic carbocycles. The van der Waals surface area contributed by atoms with Crippen molar-refractivity contribution < 1.29 is 5.11 Å². The summed E-state index contributed by atoms with van der Waals surface area (Å²) < 4.78 is 0. The van der Waals surface area contributed by atoms with Gasteiger partial charge in [0, 0.05) is 10.8 Å². The molecule has 1 rings (SSSR count). The van der Waals surface area contributed by atoms with Crippen molar-refractivity contribution in [3.05, 3.63) is 22.4 Å². The number of aryl methyl sites for hydroxylation is 1. The van der Waals surface area contributed by atoms with Gasteiger partial charge in [0.25, 0.3) is 0 Å². The van der Waals surface area contributed by atoms with E-state index in [4.69, 9.17) is 11.6 Å². The van der Waals surface area contributed by atoms with E-state index in [9.17, 15) is 5.11 Å². The molecule has 0 fully saturated rings. The van der Waals surface area contributed by atoms with Crippen LogP contribution in [0, 0.1) is 0 Å². The minimum Gasteiger partial charge on any atom is -0.393 e. The molecule has 0 spiro atoms. The van der Waals surface area contributed by atoms with Crippen molar-refractivity contribution in [2.24, 2.45) is 0 Å². The maximum Gasteiger partial charge on any atom is 0.0544 e. The minimum atomic E-state index is -0.180. The van der Waals surface area contributed by atoms with Gasteiger partial charge in [-0.05, 0) is 37.1 Å². The molecule has 0 amide bonds. The zero-order chi connectivity index (χ0) is 9.52. The standard InChI is InChI=1S/C10H15ClOS/c11-7-1-3-9(12)5-6-10-4-2-8-13-10/h2,4,8-9,12H,1,3,5-7H2. The van der Waals surface area contributed by atoms with Crippen LogP contribution in [0.1, 0.15) is 24.1 Å². The lowest BCUT2D eigenvalue weighted by molar-refractivity contribution is 0.154. The Kier molecular flexibility index (Phi) is 5.44. The quantitative estimate of drug-likeness (QED) is 0.728. The van der Waals surface area contributed by atoms with Gasteiger partial charge in [0.05, 0.1) is 6.10 Å². The van der Waals surface area contributed by atoms with Crippen molar-refractivity contribution in [2.45, 2.75) is 31.8 Å². The van der Waals surface area contributed by atoms with Crippen LogP contribution < -0.4 is 0 Å². The molecule has 1 unspecified atom stereocenters. The van der Waals surface area contributed by atoms with Gasteiger partial charge in [0.1, 0.15) is 0 Å². The van der Waals surface area contributed by atoms with Gasteiger partial charge < -0.3 is 5.11 Å². The molecule has 0 aliphatic rings. The fourth-order valence-corrected chi connectivity index (χ4v) is 2.10. The highest BCUT2D eigenvalue weighted by Crippen LogP contribution is 2.13. The maximum absolute atomic E-state index is 9.53. The summed E-state index contributed by atoms with van der Waals surface area (Å²) >= 11 is 7.29. The highest BCUT2D eigenvalue weighted by Gasteiger charge is 2.04. The normalized spacial score (nSPS) is 13.1. The summed E-state index contributed by atoms with van der Waals surface area (Å²) in [4.78, 5) is 1.35. The zero-order valence-corrected chi connectivity index (χ0v) is 9.15. The number of hydrogen-bond acceptors (Lipinski definition) is 2. The zero-order valence-electron chi connectivity index (χ0n) is 7.58. The minimum absolute atomic E-state index is 0.180. The largest absolute Gasteiger partial charge is 0.393 e. The number of hydrogen-bond donors (Lipinski definition) is 1. The van der Waals surface area contributed by atoms with Crippen molar-refractivity contribution in [1.29, 1.82) is 0 Å². The van der Waals surface area contributed by atoms with Crippen molar-refractivity contribution in [3.63, 3.8) is 0 Å². The van der Waals surface area contributed by atoms with Crippen LogP contribution in [0.5, 0.6) is 0 Å². The fraction of sp³-hybridized carbons (Fsp3) is 0.600. The van der Waals surface area contributed by atoms with Crippen LogP contribution in [0.15, 0.2) is 17.5 Å². The average molecular weight is 219 g/mol. The Morgan fingerprint density at radius 2 is 2.31 bits per heavy atom. The number of aliphatic hydroxyl groups excluding tert-OH is 1. The van der Waals surface area contributed by atoms with Crippen molar-refractivity contribution >= 4 is 22.9 Å². The number of rotatable bonds is 6. The molecule has 1 nitrogen and oxygen atoms in total. The summed E-state index contributed by atoms with van der Waals surface area (Å²) in [6, 6.07) is 4.16. The van der Waals surface area contributed by atoms with Gasteiger partial charge in [-0.3, -0.25) is 0 Å². The van der Waals surface area contributed by atoms with Gasteiger partial charge in [-0.1, -0.05) is 6.07 Å². The molecule has 0 bridgehead atoms. The van der Waals surface area contributed by atoms with Crippen LogP contribution in [0.2, 0.25) is 0 Å². The maximum atomic E-state index is 9.53. The Hall–Kier alpha value is -0.0500. The van der Waals surface area contributed by atoms with E-state index in [1.165, 1.54) is 4.88 Å². The van der Waals surface area contributed by atoms with E-state index in [2.05, 4.69) is 11.4 Å². The predicted octanol–water partition coefficient (Wildman–Crippen LogP) is 3.06. The summed E-state index contributed by atoms with van der Waals surface area (Å²) in [6.45, 7) is 0. The molecular formula is C10H15ClOS. The molecule has 1 aromatic rings. The molecule has 1 heterocycles. The van der Waals surface area contributed by atoms with Gasteiger partial charge >= 0.3 is 0 Å². The molecule has 0 saturated carbocycles. The smallest absolute Gasteiger partial charge is 0.0544 e. The van der Waals surface area contributed by atoms with Crippen LogP contribution in [0.4, 0.5) is 0 Å². The lowest BCUT2D eigenvalue weighted by Crippen LogP contribution is -2.07. The Morgan fingerprint density at radius 1 is 1.46 bits per heavy atom. The van der Waals surface area contributed by atoms with E-state index in [0.717, 1.165) is 25.7 Å². The van der Waals surface area contributed by atoms with Gasteiger partial charge in [-0.2, -0.15) is 0 Å².